The van der Waals surface area contributed by atoms with Gasteiger partial charge in [-0.15, -0.1) is 0 Å². The molecule has 2 heterocycles. The number of fused-ring (bicyclic) bond motifs is 1. The Hall–Kier alpha value is -3.94. The Morgan fingerprint density at radius 3 is 2.54 bits per heavy atom. The van der Waals surface area contributed by atoms with Crippen LogP contribution in [-0.2, 0) is 0 Å². The summed E-state index contributed by atoms with van der Waals surface area (Å²) < 4.78 is 1.45. The van der Waals surface area contributed by atoms with Gasteiger partial charge in [-0.25, -0.2) is 9.48 Å². The number of nitrogens with zero attached hydrogens (tertiary/aromatic N) is 3. The van der Waals surface area contributed by atoms with Crippen molar-refractivity contribution in [3.63, 3.8) is 0 Å². The zero-order valence-corrected chi connectivity index (χ0v) is 13.4. The molecular formula is C18H13N5O3. The molecule has 2 aromatic heterocycles. The first-order valence-electron chi connectivity index (χ1n) is 7.76. The van der Waals surface area contributed by atoms with Gasteiger partial charge in [0.05, 0.1) is 11.2 Å². The van der Waals surface area contributed by atoms with Crippen LogP contribution in [0.5, 0.6) is 0 Å². The van der Waals surface area contributed by atoms with Gasteiger partial charge in [0.15, 0.2) is 11.4 Å². The molecule has 8 heteroatoms. The van der Waals surface area contributed by atoms with E-state index in [1.165, 1.54) is 10.7 Å². The summed E-state index contributed by atoms with van der Waals surface area (Å²) in [7, 11) is 0. The van der Waals surface area contributed by atoms with Crippen LogP contribution in [0.25, 0.3) is 16.6 Å². The molecule has 0 aliphatic carbocycles. The van der Waals surface area contributed by atoms with Crippen LogP contribution in [0.3, 0.4) is 0 Å². The van der Waals surface area contributed by atoms with Crippen LogP contribution in [0.4, 0.5) is 5.69 Å². The van der Waals surface area contributed by atoms with E-state index in [0.717, 1.165) is 10.9 Å². The lowest BCUT2D eigenvalue weighted by Crippen LogP contribution is -2.12. The van der Waals surface area contributed by atoms with Crippen LogP contribution in [0.15, 0.2) is 60.8 Å². The molecule has 8 nitrogen and oxygen atoms in total. The molecule has 4 aromatic rings. The van der Waals surface area contributed by atoms with Gasteiger partial charge in [-0.2, -0.15) is 10.2 Å². The first-order chi connectivity index (χ1) is 12.6. The minimum Gasteiger partial charge on any atom is -0.476 e. The molecule has 0 aliphatic rings. The van der Waals surface area contributed by atoms with Gasteiger partial charge in [0.2, 0.25) is 0 Å². The fourth-order valence-electron chi connectivity index (χ4n) is 2.61. The molecule has 128 valence electrons. The third-order valence-electron chi connectivity index (χ3n) is 3.88. The number of carbonyl (C=O) groups is 2. The number of carboxylic acid groups (broad SMARTS) is 1. The number of hydrogen-bond donors (Lipinski definition) is 3. The number of carboxylic acids is 1. The topological polar surface area (TPSA) is 113 Å². The van der Waals surface area contributed by atoms with Crippen LogP contribution in [0, 0.1) is 0 Å². The fraction of sp³-hybridized carbons (Fsp3) is 0. The summed E-state index contributed by atoms with van der Waals surface area (Å²) in [5.41, 5.74) is 2.36. The molecule has 0 saturated heterocycles. The van der Waals surface area contributed by atoms with Crippen molar-refractivity contribution in [2.75, 3.05) is 5.32 Å². The number of amides is 1. The van der Waals surface area contributed by atoms with Gasteiger partial charge in [-0.3, -0.25) is 9.89 Å². The molecule has 0 aliphatic heterocycles. The fourth-order valence-corrected chi connectivity index (χ4v) is 2.61. The lowest BCUT2D eigenvalue weighted by atomic mass is 10.2. The van der Waals surface area contributed by atoms with E-state index >= 15 is 0 Å². The monoisotopic (exact) mass is 347 g/mol. The molecule has 26 heavy (non-hydrogen) atoms. The van der Waals surface area contributed by atoms with Crippen molar-refractivity contribution in [2.45, 2.75) is 0 Å². The second-order valence-electron chi connectivity index (χ2n) is 5.57. The third kappa shape index (κ3) is 2.80. The van der Waals surface area contributed by atoms with Crippen LogP contribution in [0.2, 0.25) is 0 Å². The van der Waals surface area contributed by atoms with Crippen LogP contribution in [-0.4, -0.2) is 37.0 Å². The van der Waals surface area contributed by atoms with E-state index in [4.69, 9.17) is 5.11 Å². The van der Waals surface area contributed by atoms with E-state index in [9.17, 15) is 9.59 Å². The number of rotatable bonds is 4. The molecule has 3 N–H and O–H groups in total. The molecule has 0 fully saturated rings. The Morgan fingerprint density at radius 1 is 1.04 bits per heavy atom. The summed E-state index contributed by atoms with van der Waals surface area (Å²) in [4.78, 5) is 23.3. The molecule has 0 atom stereocenters. The van der Waals surface area contributed by atoms with Crippen molar-refractivity contribution < 1.29 is 14.7 Å². The molecule has 0 spiro atoms. The number of aromatic carboxylic acids is 1. The van der Waals surface area contributed by atoms with Gasteiger partial charge in [0, 0.05) is 17.3 Å². The van der Waals surface area contributed by atoms with E-state index in [2.05, 4.69) is 20.6 Å². The summed E-state index contributed by atoms with van der Waals surface area (Å²) in [6, 6.07) is 15.7. The Labute approximate surface area is 147 Å². The maximum Gasteiger partial charge on any atom is 0.356 e. The number of benzene rings is 2. The van der Waals surface area contributed by atoms with Crippen LogP contribution >= 0.6 is 0 Å². The van der Waals surface area contributed by atoms with Gasteiger partial charge in [-0.05, 0) is 36.4 Å². The predicted octanol–water partition coefficient (Wildman–Crippen LogP) is 2.70. The number of aromatic amines is 1. The van der Waals surface area contributed by atoms with E-state index in [1.807, 2.05) is 24.3 Å². The van der Waals surface area contributed by atoms with E-state index in [1.54, 1.807) is 30.5 Å². The molecular weight excluding hydrogens is 334 g/mol. The molecule has 0 saturated carbocycles. The molecule has 0 radical (unpaired) electrons. The predicted molar refractivity (Wildman–Crippen MR) is 94.6 cm³/mol. The van der Waals surface area contributed by atoms with Crippen LogP contribution in [0.1, 0.15) is 21.0 Å². The third-order valence-corrected chi connectivity index (χ3v) is 3.88. The average molecular weight is 347 g/mol. The maximum atomic E-state index is 12.4. The largest absolute Gasteiger partial charge is 0.476 e. The maximum absolute atomic E-state index is 12.4. The quantitative estimate of drug-likeness (QED) is 0.525. The smallest absolute Gasteiger partial charge is 0.356 e. The van der Waals surface area contributed by atoms with Crippen molar-refractivity contribution in [1.82, 2.24) is 20.0 Å². The molecule has 4 rings (SSSR count). The number of aromatic nitrogens is 4. The van der Waals surface area contributed by atoms with Gasteiger partial charge in [-0.1, -0.05) is 18.2 Å². The van der Waals surface area contributed by atoms with Crippen molar-refractivity contribution >= 4 is 28.5 Å². The zero-order valence-electron chi connectivity index (χ0n) is 13.4. The summed E-state index contributed by atoms with van der Waals surface area (Å²) in [5.74, 6) is -1.40. The van der Waals surface area contributed by atoms with E-state index in [0.29, 0.717) is 17.1 Å². The lowest BCUT2D eigenvalue weighted by molar-refractivity contribution is 0.0689. The second-order valence-corrected chi connectivity index (χ2v) is 5.57. The van der Waals surface area contributed by atoms with Crippen molar-refractivity contribution in [2.24, 2.45) is 0 Å². The highest BCUT2D eigenvalue weighted by Crippen LogP contribution is 2.18. The molecule has 1 amide bonds. The van der Waals surface area contributed by atoms with Gasteiger partial charge in [0.25, 0.3) is 5.91 Å². The standard InChI is InChI=1S/C18H13N5O3/c24-17(16-13-3-1-2-4-14(13)20-21-16)19-11-5-7-12(8-6-11)23-10-9-15(22-23)18(25)26/h1-10H,(H,19,24)(H,20,21)(H,25,26). The van der Waals surface area contributed by atoms with Gasteiger partial charge in [0.1, 0.15) is 0 Å². The number of para-hydroxylation sites is 1. The SMILES string of the molecule is O=C(O)c1ccn(-c2ccc(NC(=O)c3n[nH]c4ccccc34)cc2)n1. The normalized spacial score (nSPS) is 10.8. The summed E-state index contributed by atoms with van der Waals surface area (Å²) >= 11 is 0. The Morgan fingerprint density at radius 2 is 1.81 bits per heavy atom. The van der Waals surface area contributed by atoms with E-state index < -0.39 is 5.97 Å². The number of anilines is 1. The molecule has 0 unspecified atom stereocenters. The molecule has 0 bridgehead atoms. The Bertz CT molecular complexity index is 1110. The summed E-state index contributed by atoms with van der Waals surface area (Å²) in [6.45, 7) is 0. The second kappa shape index (κ2) is 6.17. The first-order valence-corrected chi connectivity index (χ1v) is 7.76. The Balaban J connectivity index is 1.53. The zero-order chi connectivity index (χ0) is 18.1. The first kappa shape index (κ1) is 15.6. The minimum absolute atomic E-state index is 0.0345. The van der Waals surface area contributed by atoms with Gasteiger partial charge >= 0.3 is 5.97 Å². The highest BCUT2D eigenvalue weighted by atomic mass is 16.4. The van der Waals surface area contributed by atoms with Crippen molar-refractivity contribution in [3.8, 4) is 5.69 Å². The minimum atomic E-state index is -1.08. The molecule has 2 aromatic carbocycles. The Kier molecular flexibility index (Phi) is 3.70. The van der Waals surface area contributed by atoms with Crippen molar-refractivity contribution in [1.29, 1.82) is 0 Å². The summed E-state index contributed by atoms with van der Waals surface area (Å²) in [5, 5.41) is 23.3. The highest BCUT2D eigenvalue weighted by molar-refractivity contribution is 6.11. The van der Waals surface area contributed by atoms with Gasteiger partial charge < -0.3 is 10.4 Å². The van der Waals surface area contributed by atoms with Crippen molar-refractivity contribution in [3.05, 3.63) is 72.2 Å². The summed E-state index contributed by atoms with van der Waals surface area (Å²) in [6.07, 6.45) is 1.56. The number of H-pyrrole nitrogens is 1. The lowest BCUT2D eigenvalue weighted by Gasteiger charge is -2.06. The average Bonchev–Trinajstić information content (AvgIpc) is 3.30. The number of nitrogens with one attached hydrogen (secondary N) is 2. The van der Waals surface area contributed by atoms with E-state index in [-0.39, 0.29) is 11.6 Å². The highest BCUT2D eigenvalue weighted by Gasteiger charge is 2.14. The van der Waals surface area contributed by atoms with Crippen LogP contribution < -0.4 is 5.32 Å². The number of carbonyl (C=O) groups excluding carboxylic acids is 1. The number of hydrogen-bond acceptors (Lipinski definition) is 4.